The number of aromatic nitrogens is 3. The van der Waals surface area contributed by atoms with E-state index < -0.39 is 28.9 Å². The summed E-state index contributed by atoms with van der Waals surface area (Å²) in [4.78, 5) is 46.9. The first-order valence-corrected chi connectivity index (χ1v) is 21.8. The third-order valence-electron chi connectivity index (χ3n) is 12.1. The first-order chi connectivity index (χ1) is 28.7. The predicted octanol–water partition coefficient (Wildman–Crippen LogP) is 8.52. The lowest BCUT2D eigenvalue weighted by atomic mass is 9.83. The third-order valence-corrected chi connectivity index (χ3v) is 13.2. The first-order valence-electron chi connectivity index (χ1n) is 21.0. The van der Waals surface area contributed by atoms with Gasteiger partial charge in [0.05, 0.1) is 47.4 Å². The lowest BCUT2D eigenvalue weighted by molar-refractivity contribution is 0.00641. The molecule has 4 aliphatic heterocycles. The van der Waals surface area contributed by atoms with E-state index in [2.05, 4.69) is 40.0 Å². The van der Waals surface area contributed by atoms with Crippen molar-refractivity contribution in [2.45, 2.75) is 118 Å². The van der Waals surface area contributed by atoms with Crippen molar-refractivity contribution in [2.24, 2.45) is 10.8 Å². The molecule has 4 fully saturated rings. The number of ether oxygens (including phenoxy) is 4. The molecule has 9 rings (SSSR count). The molecule has 3 aromatic heterocycles. The summed E-state index contributed by atoms with van der Waals surface area (Å²) in [5.74, 6) is -0.968. The third kappa shape index (κ3) is 7.80. The van der Waals surface area contributed by atoms with Crippen LogP contribution in [0.4, 0.5) is 29.2 Å². The highest BCUT2D eigenvalue weighted by Gasteiger charge is 2.49. The maximum atomic E-state index is 17.9. The average Bonchev–Trinajstić information content (AvgIpc) is 3.42. The quantitative estimate of drug-likeness (QED) is 0.181. The van der Waals surface area contributed by atoms with E-state index in [1.165, 1.54) is 0 Å². The Bertz CT molecular complexity index is 2500. The Kier molecular flexibility index (Phi) is 9.91. The Balaban J connectivity index is 1.17. The van der Waals surface area contributed by atoms with Crippen LogP contribution < -0.4 is 15.0 Å². The van der Waals surface area contributed by atoms with Crippen LogP contribution in [0.1, 0.15) is 97.8 Å². The summed E-state index contributed by atoms with van der Waals surface area (Å²) >= 11 is 0.846. The van der Waals surface area contributed by atoms with Crippen LogP contribution in [0.3, 0.4) is 0 Å². The van der Waals surface area contributed by atoms with E-state index in [-0.39, 0.29) is 85.7 Å². The van der Waals surface area contributed by atoms with Crippen LogP contribution in [0.5, 0.6) is 6.01 Å². The van der Waals surface area contributed by atoms with Crippen LogP contribution >= 0.6 is 11.3 Å². The molecule has 1 aromatic carbocycles. The normalized spacial score (nSPS) is 21.6. The van der Waals surface area contributed by atoms with Crippen molar-refractivity contribution in [3.63, 3.8) is 0 Å². The summed E-state index contributed by atoms with van der Waals surface area (Å²) in [6, 6.07) is 1.86. The molecule has 2 unspecified atom stereocenters. The van der Waals surface area contributed by atoms with Gasteiger partial charge in [0, 0.05) is 61.2 Å². The van der Waals surface area contributed by atoms with Crippen LogP contribution in [-0.2, 0) is 27.4 Å². The number of piperazine rings is 1. The summed E-state index contributed by atoms with van der Waals surface area (Å²) < 4.78 is 57.3. The van der Waals surface area contributed by atoms with Crippen molar-refractivity contribution < 1.29 is 37.3 Å². The van der Waals surface area contributed by atoms with Crippen molar-refractivity contribution in [3.05, 3.63) is 34.5 Å². The van der Waals surface area contributed by atoms with Gasteiger partial charge < -0.3 is 33.6 Å². The second-order valence-corrected chi connectivity index (χ2v) is 21.2. The number of benzene rings is 1. The number of thiophene rings is 1. The summed E-state index contributed by atoms with van der Waals surface area (Å²) in [5.41, 5.74) is -0.158. The van der Waals surface area contributed by atoms with Gasteiger partial charge in [-0.2, -0.15) is 15.2 Å². The van der Waals surface area contributed by atoms with E-state index in [1.807, 2.05) is 20.8 Å². The van der Waals surface area contributed by atoms with E-state index >= 15 is 8.78 Å². The molecule has 0 radical (unpaired) electrons. The maximum absolute atomic E-state index is 17.9. The molecule has 2 atom stereocenters. The molecule has 5 aliphatic rings. The smallest absolute Gasteiger partial charge is 0.412 e. The number of likely N-dealkylation sites (tertiary alicyclic amines) is 2. The number of nitrogens with one attached hydrogen (secondary N) is 1. The van der Waals surface area contributed by atoms with Crippen LogP contribution in [0.25, 0.3) is 32.2 Å². The summed E-state index contributed by atoms with van der Waals surface area (Å²) in [6.07, 6.45) is 3.37. The van der Waals surface area contributed by atoms with Crippen LogP contribution in [0.2, 0.25) is 0 Å². The highest BCUT2D eigenvalue weighted by molar-refractivity contribution is 7.23. The van der Waals surface area contributed by atoms with Crippen LogP contribution in [-0.4, -0.2) is 99.6 Å². The highest BCUT2D eigenvalue weighted by Crippen LogP contribution is 2.51. The van der Waals surface area contributed by atoms with Gasteiger partial charge in [-0.3, -0.25) is 10.3 Å². The van der Waals surface area contributed by atoms with Crippen molar-refractivity contribution >= 4 is 55.3 Å². The highest BCUT2D eigenvalue weighted by atomic mass is 32.1. The predicted molar refractivity (Wildman–Crippen MR) is 226 cm³/mol. The fraction of sp³-hybridized carbons (Fsp3) is 0.591. The number of nitrogens with zero attached hydrogens (tertiary/aromatic N) is 7. The first kappa shape index (κ1) is 41.4. The van der Waals surface area contributed by atoms with Gasteiger partial charge in [0.25, 0.3) is 0 Å². The molecule has 2 amide bonds. The number of amides is 2. The van der Waals surface area contributed by atoms with Crippen LogP contribution in [0, 0.1) is 33.8 Å². The number of halogens is 2. The Labute approximate surface area is 357 Å². The number of anilines is 2. The van der Waals surface area contributed by atoms with Gasteiger partial charge in [-0.05, 0) is 83.8 Å². The minimum absolute atomic E-state index is 0.0114. The zero-order valence-corrected chi connectivity index (χ0v) is 36.8. The number of carbonyl (C=O) groups is 2. The summed E-state index contributed by atoms with van der Waals surface area (Å²) in [5, 5.41) is 13.6. The van der Waals surface area contributed by atoms with E-state index in [1.54, 1.807) is 25.7 Å². The Morgan fingerprint density at radius 1 is 1.00 bits per heavy atom. The average molecular weight is 859 g/mol. The van der Waals surface area contributed by atoms with Gasteiger partial charge in [0.2, 0.25) is 0 Å². The van der Waals surface area contributed by atoms with Crippen molar-refractivity contribution in [2.75, 3.05) is 49.5 Å². The Morgan fingerprint density at radius 2 is 1.67 bits per heavy atom. The number of carbonyl (C=O) groups excluding carboxylic acids is 2. The Hall–Kier alpha value is -4.92. The van der Waals surface area contributed by atoms with E-state index in [4.69, 9.17) is 28.9 Å². The molecule has 3 saturated heterocycles. The molecule has 14 nitrogen and oxygen atoms in total. The molecule has 0 spiro atoms. The number of hydrogen-bond acceptors (Lipinski definition) is 13. The molecular formula is C44H52F2N8O6S. The molecule has 324 valence electrons. The van der Waals surface area contributed by atoms with Crippen LogP contribution in [0.15, 0.2) is 6.20 Å². The van der Waals surface area contributed by atoms with Gasteiger partial charge in [0.15, 0.2) is 11.6 Å². The molecule has 17 heteroatoms. The zero-order chi connectivity index (χ0) is 43.4. The van der Waals surface area contributed by atoms with Gasteiger partial charge in [-0.15, -0.1) is 11.3 Å². The van der Waals surface area contributed by atoms with E-state index in [9.17, 15) is 14.9 Å². The standard InChI is InChI=1S/C44H52F2N8O6S/c1-41(2,3)59-39(55)51-37-25(13-47)30-33(48-14-28(45)35(30)61-37)29-26-17-57-18-27(26)31-34(32(29)46)49-38(58-22-44(11-12-44)21-52-19-43(7,8)20-52)50-36(31)54-23-9-10-24(54)16-53(15-23)40(56)60-42(4,5)6/h14,23-24H,9-12,15-22H2,1-8H3,(H,51,55). The number of rotatable bonds is 8. The second-order valence-electron chi connectivity index (χ2n) is 20.2. The molecular weight excluding hydrogens is 807 g/mol. The SMILES string of the molecule is CC1(C)CN(CC2(COc3nc(N4C5CCC4CN(C(=O)OC(C)(C)C)C5)c4c5c(c(-c6ncc(F)c7sc(NC(=O)OC(C)(C)C)c(C#N)c67)c(F)c4n3)COC5)CC2)C1. The number of fused-ring (bicyclic) bond motifs is 6. The number of hydrogen-bond donors (Lipinski definition) is 1. The summed E-state index contributed by atoms with van der Waals surface area (Å²) in [6.45, 7) is 19.4. The fourth-order valence-electron chi connectivity index (χ4n) is 9.56. The van der Waals surface area contributed by atoms with E-state index in [0.717, 1.165) is 62.9 Å². The molecule has 4 aromatic rings. The fourth-order valence-corrected chi connectivity index (χ4v) is 10.6. The second kappa shape index (κ2) is 14.6. The number of nitriles is 1. The van der Waals surface area contributed by atoms with Crippen molar-refractivity contribution in [1.29, 1.82) is 5.26 Å². The lowest BCUT2D eigenvalue weighted by Gasteiger charge is -2.47. The zero-order valence-electron chi connectivity index (χ0n) is 36.0. The van der Waals surface area contributed by atoms with Gasteiger partial charge in [-0.25, -0.2) is 18.4 Å². The topological polar surface area (TPSA) is 155 Å². The molecule has 1 N–H and O–H groups in total. The van der Waals surface area contributed by atoms with Gasteiger partial charge >= 0.3 is 18.2 Å². The van der Waals surface area contributed by atoms with Crippen molar-refractivity contribution in [1.82, 2.24) is 24.8 Å². The van der Waals surface area contributed by atoms with E-state index in [0.29, 0.717) is 42.0 Å². The molecule has 61 heavy (non-hydrogen) atoms. The molecule has 1 aliphatic carbocycles. The largest absolute Gasteiger partial charge is 0.463 e. The molecule has 2 bridgehead atoms. The summed E-state index contributed by atoms with van der Waals surface area (Å²) in [7, 11) is 0. The molecule has 1 saturated carbocycles. The monoisotopic (exact) mass is 858 g/mol. The van der Waals surface area contributed by atoms with Gasteiger partial charge in [0.1, 0.15) is 33.6 Å². The lowest BCUT2D eigenvalue weighted by Crippen LogP contribution is -2.56. The Morgan fingerprint density at radius 3 is 2.30 bits per heavy atom. The molecule has 7 heterocycles. The minimum Gasteiger partial charge on any atom is -0.463 e. The van der Waals surface area contributed by atoms with Gasteiger partial charge in [-0.1, -0.05) is 13.8 Å². The number of pyridine rings is 1. The minimum atomic E-state index is -0.834. The maximum Gasteiger partial charge on any atom is 0.412 e. The van der Waals surface area contributed by atoms with Crippen molar-refractivity contribution in [3.8, 4) is 23.3 Å².